The Balaban J connectivity index is 1.56. The fraction of sp³-hybridized carbons (Fsp3) is 0.667. The van der Waals surface area contributed by atoms with Crippen molar-refractivity contribution in [3.8, 4) is 5.75 Å². The summed E-state index contributed by atoms with van der Waals surface area (Å²) in [6.07, 6.45) is 2.72. The molecule has 0 aromatic heterocycles. The van der Waals surface area contributed by atoms with Crippen LogP contribution in [0.2, 0.25) is 0 Å². The molecule has 2 aliphatic rings. The molecule has 1 aromatic carbocycles. The Labute approximate surface area is 138 Å². The molecule has 0 unspecified atom stereocenters. The van der Waals surface area contributed by atoms with Gasteiger partial charge < -0.3 is 19.8 Å². The van der Waals surface area contributed by atoms with Gasteiger partial charge >= 0.3 is 0 Å². The van der Waals surface area contributed by atoms with Crippen LogP contribution in [0.25, 0.3) is 0 Å². The van der Waals surface area contributed by atoms with Gasteiger partial charge in [-0.25, -0.2) is 0 Å². The van der Waals surface area contributed by atoms with E-state index in [9.17, 15) is 10.2 Å². The minimum absolute atomic E-state index is 0.0555. The highest BCUT2D eigenvalue weighted by Crippen LogP contribution is 2.31. The molecule has 2 aliphatic heterocycles. The lowest BCUT2D eigenvalue weighted by molar-refractivity contribution is -0.0198. The monoisotopic (exact) mass is 320 g/mol. The first kappa shape index (κ1) is 16.6. The first-order valence-electron chi connectivity index (χ1n) is 8.64. The highest BCUT2D eigenvalue weighted by molar-refractivity contribution is 5.58. The maximum Gasteiger partial charge on any atom is 0.142 e. The summed E-state index contributed by atoms with van der Waals surface area (Å²) in [6.45, 7) is 3.82. The summed E-state index contributed by atoms with van der Waals surface area (Å²) < 4.78 is 5.47. The van der Waals surface area contributed by atoms with Gasteiger partial charge in [-0.1, -0.05) is 12.1 Å². The zero-order chi connectivity index (χ0) is 16.2. The summed E-state index contributed by atoms with van der Waals surface area (Å²) in [7, 11) is 1.72. The average Bonchev–Trinajstić information content (AvgIpc) is 2.61. The lowest BCUT2D eigenvalue weighted by Gasteiger charge is -2.43. The number of likely N-dealkylation sites (tertiary alicyclic amines) is 1. The van der Waals surface area contributed by atoms with Crippen LogP contribution in [0.15, 0.2) is 24.3 Å². The van der Waals surface area contributed by atoms with Gasteiger partial charge in [-0.05, 0) is 37.9 Å². The van der Waals surface area contributed by atoms with Crippen molar-refractivity contribution in [2.45, 2.75) is 31.4 Å². The second-order valence-corrected chi connectivity index (χ2v) is 6.68. The molecule has 2 fully saturated rings. The number of β-amino-alcohol motifs (C(OH)–C–C–N with tert-alkyl or cyclic N) is 1. The summed E-state index contributed by atoms with van der Waals surface area (Å²) >= 11 is 0. The normalized spacial score (nSPS) is 27.2. The Kier molecular flexibility index (Phi) is 5.41. The smallest absolute Gasteiger partial charge is 0.142 e. The number of benzene rings is 1. The predicted octanol–water partition coefficient (Wildman–Crippen LogP) is 1.34. The van der Waals surface area contributed by atoms with Crippen molar-refractivity contribution in [2.75, 3.05) is 44.8 Å². The highest BCUT2D eigenvalue weighted by Gasteiger charge is 2.32. The number of rotatable bonds is 4. The fourth-order valence-corrected chi connectivity index (χ4v) is 3.91. The number of ether oxygens (including phenoxy) is 1. The van der Waals surface area contributed by atoms with E-state index >= 15 is 0 Å². The van der Waals surface area contributed by atoms with E-state index in [0.29, 0.717) is 12.6 Å². The number of aliphatic hydroxyl groups is 2. The first-order valence-corrected chi connectivity index (χ1v) is 8.64. The minimum Gasteiger partial charge on any atom is -0.495 e. The maximum absolute atomic E-state index is 10.1. The van der Waals surface area contributed by atoms with Crippen LogP contribution in [-0.2, 0) is 0 Å². The van der Waals surface area contributed by atoms with Gasteiger partial charge in [0.15, 0.2) is 0 Å². The number of para-hydroxylation sites is 2. The molecule has 128 valence electrons. The van der Waals surface area contributed by atoms with Crippen LogP contribution in [0.1, 0.15) is 19.3 Å². The van der Waals surface area contributed by atoms with Crippen LogP contribution >= 0.6 is 0 Å². The predicted molar refractivity (Wildman–Crippen MR) is 91.0 cm³/mol. The fourth-order valence-electron chi connectivity index (χ4n) is 3.91. The molecule has 5 heteroatoms. The van der Waals surface area contributed by atoms with Gasteiger partial charge in [-0.3, -0.25) is 4.90 Å². The Morgan fingerprint density at radius 3 is 2.52 bits per heavy atom. The van der Waals surface area contributed by atoms with Crippen molar-refractivity contribution >= 4 is 5.69 Å². The van der Waals surface area contributed by atoms with Gasteiger partial charge in [0, 0.05) is 38.2 Å². The summed E-state index contributed by atoms with van der Waals surface area (Å²) in [6, 6.07) is 8.73. The first-order chi connectivity index (χ1) is 11.2. The van der Waals surface area contributed by atoms with Crippen LogP contribution in [0.4, 0.5) is 5.69 Å². The third-order valence-corrected chi connectivity index (χ3v) is 5.39. The summed E-state index contributed by atoms with van der Waals surface area (Å²) in [5.41, 5.74) is 1.17. The van der Waals surface area contributed by atoms with Crippen LogP contribution in [0.5, 0.6) is 5.75 Å². The van der Waals surface area contributed by atoms with Crippen molar-refractivity contribution in [1.29, 1.82) is 0 Å². The van der Waals surface area contributed by atoms with E-state index in [0.717, 1.165) is 44.6 Å². The van der Waals surface area contributed by atoms with Crippen molar-refractivity contribution in [3.63, 3.8) is 0 Å². The van der Waals surface area contributed by atoms with Gasteiger partial charge in [0.1, 0.15) is 5.75 Å². The minimum atomic E-state index is -0.388. The molecule has 0 amide bonds. The number of piperidine rings is 2. The largest absolute Gasteiger partial charge is 0.495 e. The quantitative estimate of drug-likeness (QED) is 0.877. The van der Waals surface area contributed by atoms with Crippen molar-refractivity contribution < 1.29 is 14.9 Å². The second-order valence-electron chi connectivity index (χ2n) is 6.68. The van der Waals surface area contributed by atoms with E-state index in [1.807, 2.05) is 12.1 Å². The van der Waals surface area contributed by atoms with Gasteiger partial charge in [0.25, 0.3) is 0 Å². The zero-order valence-electron chi connectivity index (χ0n) is 13.9. The Morgan fingerprint density at radius 1 is 1.13 bits per heavy atom. The molecule has 0 saturated carbocycles. The van der Waals surface area contributed by atoms with E-state index in [4.69, 9.17) is 4.74 Å². The summed E-state index contributed by atoms with van der Waals surface area (Å²) in [5.74, 6) is 0.991. The van der Waals surface area contributed by atoms with Crippen molar-refractivity contribution in [3.05, 3.63) is 24.3 Å². The molecule has 0 bridgehead atoms. The lowest BCUT2D eigenvalue weighted by Crippen LogP contribution is -2.52. The number of anilines is 1. The van der Waals surface area contributed by atoms with Gasteiger partial charge in [0.05, 0.1) is 18.9 Å². The van der Waals surface area contributed by atoms with Crippen molar-refractivity contribution in [2.24, 2.45) is 5.92 Å². The zero-order valence-corrected chi connectivity index (χ0v) is 13.9. The lowest BCUT2D eigenvalue weighted by atomic mass is 9.92. The third kappa shape index (κ3) is 3.62. The molecule has 2 saturated heterocycles. The Hall–Kier alpha value is -1.30. The van der Waals surface area contributed by atoms with Crippen LogP contribution < -0.4 is 9.64 Å². The number of aliphatic hydroxyl groups excluding tert-OH is 2. The molecule has 2 atom stereocenters. The second kappa shape index (κ2) is 7.51. The number of nitrogens with zero attached hydrogens (tertiary/aromatic N) is 2. The molecule has 2 N–H and O–H groups in total. The van der Waals surface area contributed by atoms with E-state index < -0.39 is 0 Å². The third-order valence-electron chi connectivity index (χ3n) is 5.39. The number of hydrogen-bond acceptors (Lipinski definition) is 5. The molecular weight excluding hydrogens is 292 g/mol. The molecule has 0 aliphatic carbocycles. The van der Waals surface area contributed by atoms with Gasteiger partial charge in [-0.2, -0.15) is 0 Å². The van der Waals surface area contributed by atoms with E-state index in [2.05, 4.69) is 21.9 Å². The molecule has 1 aromatic rings. The van der Waals surface area contributed by atoms with Crippen LogP contribution in [0, 0.1) is 5.92 Å². The molecule has 23 heavy (non-hydrogen) atoms. The standard InChI is InChI=1S/C18H28N2O3/c1-23-18-5-3-2-4-16(18)19-10-7-15(8-11-19)20-9-6-14(13-21)17(22)12-20/h2-5,14-15,17,21-22H,6-13H2,1H3/t14-,17-/m1/s1. The molecule has 0 spiro atoms. The molecule has 3 rings (SSSR count). The van der Waals surface area contributed by atoms with E-state index in [1.54, 1.807) is 7.11 Å². The Bertz CT molecular complexity index is 503. The number of methoxy groups -OCH3 is 1. The average molecular weight is 320 g/mol. The van der Waals surface area contributed by atoms with Gasteiger partial charge in [-0.15, -0.1) is 0 Å². The van der Waals surface area contributed by atoms with E-state index in [1.165, 1.54) is 5.69 Å². The van der Waals surface area contributed by atoms with Gasteiger partial charge in [0.2, 0.25) is 0 Å². The maximum atomic E-state index is 10.1. The molecule has 2 heterocycles. The summed E-state index contributed by atoms with van der Waals surface area (Å²) in [5, 5.41) is 19.4. The topological polar surface area (TPSA) is 56.2 Å². The van der Waals surface area contributed by atoms with Crippen LogP contribution in [0.3, 0.4) is 0 Å². The van der Waals surface area contributed by atoms with Crippen molar-refractivity contribution in [1.82, 2.24) is 4.90 Å². The Morgan fingerprint density at radius 2 is 1.87 bits per heavy atom. The molecule has 5 nitrogen and oxygen atoms in total. The van der Waals surface area contributed by atoms with E-state index in [-0.39, 0.29) is 18.6 Å². The molecule has 0 radical (unpaired) electrons. The molecular formula is C18H28N2O3. The van der Waals surface area contributed by atoms with Crippen LogP contribution in [-0.4, -0.2) is 67.2 Å². The number of hydrogen-bond donors (Lipinski definition) is 2. The highest BCUT2D eigenvalue weighted by atomic mass is 16.5. The summed E-state index contributed by atoms with van der Waals surface area (Å²) in [4.78, 5) is 4.81. The SMILES string of the molecule is COc1ccccc1N1CCC(N2CC[C@H](CO)[C@H](O)C2)CC1.